The molecule has 2 heterocycles. The van der Waals surface area contributed by atoms with Crippen molar-refractivity contribution in [2.75, 3.05) is 37.7 Å². The molecule has 0 atom stereocenters. The maximum Gasteiger partial charge on any atom is 0.336 e. The SMILES string of the molecule is CCOc1ccccc1N1CCN(Cc2cc(=O)oc3cc(CC)ccc23)CC1. The van der Waals surface area contributed by atoms with Gasteiger partial charge in [-0.1, -0.05) is 31.2 Å². The van der Waals surface area contributed by atoms with E-state index in [1.807, 2.05) is 25.1 Å². The highest BCUT2D eigenvalue weighted by Crippen LogP contribution is 2.29. The Hall–Kier alpha value is -2.79. The van der Waals surface area contributed by atoms with Gasteiger partial charge in [0.2, 0.25) is 0 Å². The Morgan fingerprint density at radius 1 is 1.00 bits per heavy atom. The van der Waals surface area contributed by atoms with Crippen molar-refractivity contribution >= 4 is 16.7 Å². The van der Waals surface area contributed by atoms with Crippen LogP contribution in [0.4, 0.5) is 5.69 Å². The summed E-state index contributed by atoms with van der Waals surface area (Å²) in [6.45, 7) is 9.29. The molecule has 1 aromatic heterocycles. The average molecular weight is 392 g/mol. The molecule has 0 N–H and O–H groups in total. The Morgan fingerprint density at radius 3 is 2.55 bits per heavy atom. The van der Waals surface area contributed by atoms with E-state index in [1.165, 1.54) is 5.56 Å². The number of hydrogen-bond acceptors (Lipinski definition) is 5. The third kappa shape index (κ3) is 4.30. The molecule has 152 valence electrons. The Kier molecular flexibility index (Phi) is 5.86. The quantitative estimate of drug-likeness (QED) is 0.592. The van der Waals surface area contributed by atoms with Crippen molar-refractivity contribution in [3.05, 3.63) is 70.1 Å². The number of piperazine rings is 1. The first-order chi connectivity index (χ1) is 14.2. The van der Waals surface area contributed by atoms with Crippen molar-refractivity contribution in [2.45, 2.75) is 26.8 Å². The van der Waals surface area contributed by atoms with Crippen LogP contribution in [-0.4, -0.2) is 37.7 Å². The molecule has 0 amide bonds. The molecule has 5 heteroatoms. The minimum Gasteiger partial charge on any atom is -0.492 e. The second-order valence-electron chi connectivity index (χ2n) is 7.44. The smallest absolute Gasteiger partial charge is 0.336 e. The Balaban J connectivity index is 1.49. The van der Waals surface area contributed by atoms with Crippen LogP contribution in [0, 0.1) is 0 Å². The summed E-state index contributed by atoms with van der Waals surface area (Å²) in [5.74, 6) is 0.946. The molecular weight excluding hydrogens is 364 g/mol. The lowest BCUT2D eigenvalue weighted by molar-refractivity contribution is 0.249. The third-order valence-electron chi connectivity index (χ3n) is 5.57. The zero-order valence-corrected chi connectivity index (χ0v) is 17.2. The summed E-state index contributed by atoms with van der Waals surface area (Å²) in [5.41, 5.74) is 3.80. The predicted molar refractivity (Wildman–Crippen MR) is 117 cm³/mol. The second-order valence-corrected chi connectivity index (χ2v) is 7.44. The van der Waals surface area contributed by atoms with E-state index >= 15 is 0 Å². The highest BCUT2D eigenvalue weighted by Gasteiger charge is 2.20. The lowest BCUT2D eigenvalue weighted by atomic mass is 10.1. The molecule has 3 aromatic rings. The molecule has 0 spiro atoms. The largest absolute Gasteiger partial charge is 0.492 e. The molecule has 0 aliphatic carbocycles. The normalized spacial score (nSPS) is 15.0. The van der Waals surface area contributed by atoms with E-state index in [1.54, 1.807) is 6.07 Å². The number of benzene rings is 2. The highest BCUT2D eigenvalue weighted by atomic mass is 16.5. The van der Waals surface area contributed by atoms with Crippen LogP contribution in [0.5, 0.6) is 5.75 Å². The first-order valence-electron chi connectivity index (χ1n) is 10.4. The number of rotatable bonds is 6. The number of anilines is 1. The van der Waals surface area contributed by atoms with Gasteiger partial charge < -0.3 is 14.1 Å². The van der Waals surface area contributed by atoms with Crippen LogP contribution in [-0.2, 0) is 13.0 Å². The highest BCUT2D eigenvalue weighted by molar-refractivity contribution is 5.80. The van der Waals surface area contributed by atoms with Crippen molar-refractivity contribution in [2.24, 2.45) is 0 Å². The molecule has 5 nitrogen and oxygen atoms in total. The van der Waals surface area contributed by atoms with Gasteiger partial charge in [-0.15, -0.1) is 0 Å². The fraction of sp³-hybridized carbons (Fsp3) is 0.375. The Labute approximate surface area is 171 Å². The van der Waals surface area contributed by atoms with Gasteiger partial charge in [0, 0.05) is 44.2 Å². The van der Waals surface area contributed by atoms with Crippen molar-refractivity contribution in [1.82, 2.24) is 4.90 Å². The third-order valence-corrected chi connectivity index (χ3v) is 5.57. The van der Waals surface area contributed by atoms with Crippen LogP contribution in [0.25, 0.3) is 11.0 Å². The second kappa shape index (κ2) is 8.70. The topological polar surface area (TPSA) is 45.9 Å². The summed E-state index contributed by atoms with van der Waals surface area (Å²) < 4.78 is 11.2. The Morgan fingerprint density at radius 2 is 1.79 bits per heavy atom. The van der Waals surface area contributed by atoms with Gasteiger partial charge in [0.1, 0.15) is 11.3 Å². The minimum atomic E-state index is -0.273. The standard InChI is InChI=1S/C24H28N2O3/c1-3-18-9-10-20-19(16-24(27)29-23(20)15-18)17-25-11-13-26(14-12-25)21-7-5-6-8-22(21)28-4-2/h5-10,15-16H,3-4,11-14,17H2,1-2H3. The monoisotopic (exact) mass is 392 g/mol. The van der Waals surface area contributed by atoms with Crippen LogP contribution in [0.15, 0.2) is 57.7 Å². The summed E-state index contributed by atoms with van der Waals surface area (Å²) in [7, 11) is 0. The fourth-order valence-electron chi connectivity index (χ4n) is 4.01. The lowest BCUT2D eigenvalue weighted by Crippen LogP contribution is -2.46. The minimum absolute atomic E-state index is 0.273. The van der Waals surface area contributed by atoms with Crippen LogP contribution in [0.1, 0.15) is 25.0 Å². The molecule has 2 aromatic carbocycles. The number of nitrogens with zero attached hydrogens (tertiary/aromatic N) is 2. The van der Waals surface area contributed by atoms with Crippen LogP contribution < -0.4 is 15.3 Å². The summed E-state index contributed by atoms with van der Waals surface area (Å²) in [5, 5.41) is 1.03. The first-order valence-corrected chi connectivity index (χ1v) is 10.4. The number of para-hydroxylation sites is 2. The molecule has 29 heavy (non-hydrogen) atoms. The van der Waals surface area contributed by atoms with Gasteiger partial charge in [0.15, 0.2) is 0 Å². The summed E-state index contributed by atoms with van der Waals surface area (Å²) in [6, 6.07) is 16.1. The van der Waals surface area contributed by atoms with Crippen molar-refractivity contribution < 1.29 is 9.15 Å². The molecule has 1 saturated heterocycles. The molecule has 1 fully saturated rings. The molecule has 0 saturated carbocycles. The number of hydrogen-bond donors (Lipinski definition) is 0. The van der Waals surface area contributed by atoms with Gasteiger partial charge in [-0.3, -0.25) is 4.90 Å². The fourth-order valence-corrected chi connectivity index (χ4v) is 4.01. The first kappa shape index (κ1) is 19.5. The lowest BCUT2D eigenvalue weighted by Gasteiger charge is -2.36. The molecule has 0 bridgehead atoms. The molecular formula is C24H28N2O3. The average Bonchev–Trinajstić information content (AvgIpc) is 2.74. The zero-order valence-electron chi connectivity index (χ0n) is 17.2. The van der Waals surface area contributed by atoms with Crippen molar-refractivity contribution in [3.63, 3.8) is 0 Å². The molecule has 4 rings (SSSR count). The molecule has 0 unspecified atom stereocenters. The van der Waals surface area contributed by atoms with E-state index in [2.05, 4.69) is 41.0 Å². The van der Waals surface area contributed by atoms with Crippen LogP contribution in [0.2, 0.25) is 0 Å². The van der Waals surface area contributed by atoms with Crippen LogP contribution >= 0.6 is 0 Å². The Bertz CT molecular complexity index is 1040. The predicted octanol–water partition coefficient (Wildman–Crippen LogP) is 4.08. The maximum absolute atomic E-state index is 12.1. The van der Waals surface area contributed by atoms with Gasteiger partial charge in [-0.25, -0.2) is 4.79 Å². The summed E-state index contributed by atoms with van der Waals surface area (Å²) >= 11 is 0. The van der Waals surface area contributed by atoms with E-state index in [4.69, 9.17) is 9.15 Å². The van der Waals surface area contributed by atoms with E-state index in [9.17, 15) is 4.79 Å². The zero-order chi connectivity index (χ0) is 20.2. The van der Waals surface area contributed by atoms with Gasteiger partial charge in [-0.05, 0) is 42.7 Å². The van der Waals surface area contributed by atoms with Gasteiger partial charge >= 0.3 is 5.63 Å². The molecule has 1 aliphatic rings. The van der Waals surface area contributed by atoms with Crippen LogP contribution in [0.3, 0.4) is 0 Å². The van der Waals surface area contributed by atoms with E-state index in [0.717, 1.165) is 61.5 Å². The van der Waals surface area contributed by atoms with Gasteiger partial charge in [0.05, 0.1) is 12.3 Å². The van der Waals surface area contributed by atoms with Crippen molar-refractivity contribution in [3.8, 4) is 5.75 Å². The van der Waals surface area contributed by atoms with E-state index < -0.39 is 0 Å². The molecule has 1 aliphatic heterocycles. The van der Waals surface area contributed by atoms with Crippen molar-refractivity contribution in [1.29, 1.82) is 0 Å². The summed E-state index contributed by atoms with van der Waals surface area (Å²) in [6.07, 6.45) is 0.926. The maximum atomic E-state index is 12.1. The van der Waals surface area contributed by atoms with E-state index in [0.29, 0.717) is 12.2 Å². The number of aryl methyl sites for hydroxylation is 1. The summed E-state index contributed by atoms with van der Waals surface area (Å²) in [4.78, 5) is 16.9. The van der Waals surface area contributed by atoms with Gasteiger partial charge in [0.25, 0.3) is 0 Å². The molecule has 0 radical (unpaired) electrons. The van der Waals surface area contributed by atoms with E-state index in [-0.39, 0.29) is 5.63 Å². The number of ether oxygens (including phenoxy) is 1. The number of fused-ring (bicyclic) bond motifs is 1. The van der Waals surface area contributed by atoms with Gasteiger partial charge in [-0.2, -0.15) is 0 Å².